The van der Waals surface area contributed by atoms with Crippen molar-refractivity contribution in [1.29, 1.82) is 0 Å². The van der Waals surface area contributed by atoms with Crippen LogP contribution in [0.1, 0.15) is 34.6 Å². The standard InChI is InChI=1S/C19H22BrNO/c1-12-7-14-9-16(21(2)3)10-17(18(14)11-19(12)22)13-5-4-6-15(20)8-13/h4-8,11,16-17,22H,9-10H2,1-3H3/t16-,17-/m1/s1. The van der Waals surface area contributed by atoms with Crippen LogP contribution in [0.25, 0.3) is 0 Å². The molecule has 0 heterocycles. The molecule has 0 spiro atoms. The van der Waals surface area contributed by atoms with Crippen LogP contribution in [0.15, 0.2) is 40.9 Å². The highest BCUT2D eigenvalue weighted by molar-refractivity contribution is 9.10. The highest BCUT2D eigenvalue weighted by Gasteiger charge is 2.30. The maximum atomic E-state index is 10.1. The molecule has 0 radical (unpaired) electrons. The lowest BCUT2D eigenvalue weighted by atomic mass is 9.76. The number of halogens is 1. The molecular formula is C19H22BrNO. The Morgan fingerprint density at radius 2 is 1.95 bits per heavy atom. The van der Waals surface area contributed by atoms with Gasteiger partial charge in [-0.15, -0.1) is 0 Å². The van der Waals surface area contributed by atoms with Crippen LogP contribution in [0.2, 0.25) is 0 Å². The van der Waals surface area contributed by atoms with E-state index in [-0.39, 0.29) is 0 Å². The summed E-state index contributed by atoms with van der Waals surface area (Å²) in [5, 5.41) is 10.1. The fourth-order valence-corrected chi connectivity index (χ4v) is 3.86. The van der Waals surface area contributed by atoms with Crippen molar-refractivity contribution in [1.82, 2.24) is 4.90 Å². The average molecular weight is 360 g/mol. The Bertz CT molecular complexity index is 696. The third-order valence-corrected chi connectivity index (χ3v) is 5.27. The van der Waals surface area contributed by atoms with Crippen molar-refractivity contribution in [3.63, 3.8) is 0 Å². The molecule has 22 heavy (non-hydrogen) atoms. The van der Waals surface area contributed by atoms with Crippen molar-refractivity contribution < 1.29 is 5.11 Å². The van der Waals surface area contributed by atoms with E-state index in [0.717, 1.165) is 22.9 Å². The van der Waals surface area contributed by atoms with Gasteiger partial charge in [0, 0.05) is 16.4 Å². The molecule has 3 heteroatoms. The van der Waals surface area contributed by atoms with Crippen LogP contribution in [0, 0.1) is 6.92 Å². The van der Waals surface area contributed by atoms with Gasteiger partial charge in [0.1, 0.15) is 5.75 Å². The molecule has 1 aliphatic rings. The van der Waals surface area contributed by atoms with Gasteiger partial charge in [-0.2, -0.15) is 0 Å². The third kappa shape index (κ3) is 2.92. The summed E-state index contributed by atoms with van der Waals surface area (Å²) < 4.78 is 1.11. The quantitative estimate of drug-likeness (QED) is 0.854. The van der Waals surface area contributed by atoms with E-state index in [1.807, 2.05) is 13.0 Å². The molecule has 2 aromatic carbocycles. The Kier molecular flexibility index (Phi) is 4.28. The zero-order valence-corrected chi connectivity index (χ0v) is 14.9. The Morgan fingerprint density at radius 3 is 2.64 bits per heavy atom. The van der Waals surface area contributed by atoms with Crippen molar-refractivity contribution in [3.8, 4) is 5.75 Å². The summed E-state index contributed by atoms with van der Waals surface area (Å²) in [4.78, 5) is 2.32. The molecule has 2 aromatic rings. The number of rotatable bonds is 2. The summed E-state index contributed by atoms with van der Waals surface area (Å²) in [6.07, 6.45) is 2.13. The first-order chi connectivity index (χ1) is 10.5. The number of phenols is 1. The van der Waals surface area contributed by atoms with Gasteiger partial charge in [0.05, 0.1) is 0 Å². The predicted octanol–water partition coefficient (Wildman–Crippen LogP) is 4.47. The molecule has 0 aromatic heterocycles. The Hall–Kier alpha value is -1.32. The van der Waals surface area contributed by atoms with E-state index in [0.29, 0.717) is 17.7 Å². The highest BCUT2D eigenvalue weighted by atomic mass is 79.9. The van der Waals surface area contributed by atoms with Crippen molar-refractivity contribution in [2.24, 2.45) is 0 Å². The van der Waals surface area contributed by atoms with Gasteiger partial charge in [-0.25, -0.2) is 0 Å². The van der Waals surface area contributed by atoms with Crippen molar-refractivity contribution >= 4 is 15.9 Å². The van der Waals surface area contributed by atoms with E-state index in [4.69, 9.17) is 0 Å². The molecule has 0 saturated carbocycles. The first kappa shape index (κ1) is 15.6. The number of benzene rings is 2. The molecule has 2 nitrogen and oxygen atoms in total. The van der Waals surface area contributed by atoms with Crippen LogP contribution in [0.3, 0.4) is 0 Å². The number of hydrogen-bond donors (Lipinski definition) is 1. The lowest BCUT2D eigenvalue weighted by Crippen LogP contribution is -2.35. The molecule has 1 aliphatic carbocycles. The summed E-state index contributed by atoms with van der Waals surface area (Å²) in [7, 11) is 4.31. The van der Waals surface area contributed by atoms with Crippen LogP contribution < -0.4 is 0 Å². The predicted molar refractivity (Wildman–Crippen MR) is 94.6 cm³/mol. The SMILES string of the molecule is Cc1cc2c(cc1O)[C@@H](c1cccc(Br)c1)C[C@H](N(C)C)C2. The summed E-state index contributed by atoms with van der Waals surface area (Å²) in [5.41, 5.74) is 4.92. The molecule has 0 saturated heterocycles. The van der Waals surface area contributed by atoms with Crippen LogP contribution in [0.5, 0.6) is 5.75 Å². The largest absolute Gasteiger partial charge is 0.508 e. The van der Waals surface area contributed by atoms with Gasteiger partial charge in [0.2, 0.25) is 0 Å². The number of phenolic OH excluding ortho intramolecular Hbond substituents is 1. The number of fused-ring (bicyclic) bond motifs is 1. The van der Waals surface area contributed by atoms with E-state index < -0.39 is 0 Å². The third-order valence-electron chi connectivity index (χ3n) is 4.78. The number of hydrogen-bond acceptors (Lipinski definition) is 2. The van der Waals surface area contributed by atoms with Crippen molar-refractivity contribution in [3.05, 3.63) is 63.1 Å². The summed E-state index contributed by atoms with van der Waals surface area (Å²) >= 11 is 3.58. The van der Waals surface area contributed by atoms with Crippen molar-refractivity contribution in [2.45, 2.75) is 31.7 Å². The Labute approximate surface area is 140 Å². The second-order valence-electron chi connectivity index (χ2n) is 6.50. The lowest BCUT2D eigenvalue weighted by molar-refractivity contribution is 0.258. The van der Waals surface area contributed by atoms with Crippen LogP contribution >= 0.6 is 15.9 Å². The molecule has 0 fully saturated rings. The monoisotopic (exact) mass is 359 g/mol. The van der Waals surface area contributed by atoms with E-state index in [9.17, 15) is 5.11 Å². The van der Waals surface area contributed by atoms with Gasteiger partial charge in [-0.3, -0.25) is 0 Å². The van der Waals surface area contributed by atoms with Gasteiger partial charge in [-0.05, 0) is 74.3 Å². The second-order valence-corrected chi connectivity index (χ2v) is 7.42. The number of likely N-dealkylation sites (N-methyl/N-ethyl adjacent to an activating group) is 1. The van der Waals surface area contributed by atoms with Crippen LogP contribution in [-0.4, -0.2) is 30.1 Å². The molecule has 3 rings (SSSR count). The average Bonchev–Trinajstić information content (AvgIpc) is 2.47. The summed E-state index contributed by atoms with van der Waals surface area (Å²) in [6, 6.07) is 13.2. The first-order valence-corrected chi connectivity index (χ1v) is 8.49. The first-order valence-electron chi connectivity index (χ1n) is 7.70. The topological polar surface area (TPSA) is 23.5 Å². The maximum absolute atomic E-state index is 10.1. The fourth-order valence-electron chi connectivity index (χ4n) is 3.44. The minimum atomic E-state index is 0.333. The molecule has 1 N–H and O–H groups in total. The molecule has 116 valence electrons. The van der Waals surface area contributed by atoms with Gasteiger partial charge >= 0.3 is 0 Å². The van der Waals surface area contributed by atoms with E-state index in [1.165, 1.54) is 16.7 Å². The molecule has 0 unspecified atom stereocenters. The van der Waals surface area contributed by atoms with Crippen LogP contribution in [-0.2, 0) is 6.42 Å². The minimum absolute atomic E-state index is 0.333. The minimum Gasteiger partial charge on any atom is -0.508 e. The summed E-state index contributed by atoms with van der Waals surface area (Å²) in [6.45, 7) is 1.98. The Morgan fingerprint density at radius 1 is 1.18 bits per heavy atom. The fraction of sp³-hybridized carbons (Fsp3) is 0.368. The Balaban J connectivity index is 2.11. The van der Waals surface area contributed by atoms with Gasteiger partial charge < -0.3 is 10.0 Å². The zero-order valence-electron chi connectivity index (χ0n) is 13.3. The van der Waals surface area contributed by atoms with Gasteiger partial charge in [-0.1, -0.05) is 34.1 Å². The van der Waals surface area contributed by atoms with E-state index in [1.54, 1.807) is 0 Å². The number of aromatic hydroxyl groups is 1. The van der Waals surface area contributed by atoms with Crippen molar-refractivity contribution in [2.75, 3.05) is 14.1 Å². The second kappa shape index (κ2) is 6.05. The zero-order chi connectivity index (χ0) is 15.9. The number of aryl methyl sites for hydroxylation is 1. The smallest absolute Gasteiger partial charge is 0.118 e. The summed E-state index contributed by atoms with van der Waals surface area (Å²) in [5.74, 6) is 0.738. The molecule has 0 aliphatic heterocycles. The van der Waals surface area contributed by atoms with Gasteiger partial charge in [0.25, 0.3) is 0 Å². The normalized spacial score (nSPS) is 21.0. The number of nitrogens with zero attached hydrogens (tertiary/aromatic N) is 1. The molecule has 0 bridgehead atoms. The molecule has 2 atom stereocenters. The van der Waals surface area contributed by atoms with E-state index in [2.05, 4.69) is 65.3 Å². The lowest BCUT2D eigenvalue weighted by Gasteiger charge is -2.36. The van der Waals surface area contributed by atoms with Gasteiger partial charge in [0.15, 0.2) is 0 Å². The maximum Gasteiger partial charge on any atom is 0.118 e. The molecular weight excluding hydrogens is 338 g/mol. The van der Waals surface area contributed by atoms with Crippen LogP contribution in [0.4, 0.5) is 0 Å². The molecule has 0 amide bonds. The highest BCUT2D eigenvalue weighted by Crippen LogP contribution is 2.40. The van der Waals surface area contributed by atoms with E-state index >= 15 is 0 Å².